The number of aromatic nitrogens is 2. The summed E-state index contributed by atoms with van der Waals surface area (Å²) >= 11 is 5.36. The van der Waals surface area contributed by atoms with Crippen molar-refractivity contribution in [2.24, 2.45) is 7.05 Å². The van der Waals surface area contributed by atoms with Crippen molar-refractivity contribution in [3.05, 3.63) is 51.3 Å². The van der Waals surface area contributed by atoms with Gasteiger partial charge in [0.25, 0.3) is 0 Å². The van der Waals surface area contributed by atoms with Gasteiger partial charge in [-0.2, -0.15) is 13.2 Å². The zero-order chi connectivity index (χ0) is 22.7. The topological polar surface area (TPSA) is 30.2 Å². The van der Waals surface area contributed by atoms with Crippen LogP contribution in [0.2, 0.25) is 0 Å². The number of carbonyl (C=O) groups is 1. The van der Waals surface area contributed by atoms with E-state index in [1.807, 2.05) is 0 Å². The summed E-state index contributed by atoms with van der Waals surface area (Å²) in [5.41, 5.74) is 0.536. The first kappa shape index (κ1) is 21.9. The molecule has 0 bridgehead atoms. The molecule has 0 unspecified atom stereocenters. The molecule has 1 aromatic carbocycles. The molecule has 1 saturated heterocycles. The monoisotopic (exact) mass is 463 g/mol. The third-order valence-corrected chi connectivity index (χ3v) is 6.68. The van der Waals surface area contributed by atoms with E-state index in [2.05, 4.69) is 0 Å². The van der Waals surface area contributed by atoms with E-state index in [1.165, 1.54) is 4.57 Å². The largest absolute Gasteiger partial charge is 0.408 e. The molecule has 0 saturated carbocycles. The molecule has 1 aromatic heterocycles. The second-order valence-electron chi connectivity index (χ2n) is 7.97. The Kier molecular flexibility index (Phi) is 5.43. The Morgan fingerprint density at radius 3 is 2.55 bits per heavy atom. The van der Waals surface area contributed by atoms with Crippen LogP contribution in [-0.4, -0.2) is 38.7 Å². The minimum absolute atomic E-state index is 0.0197. The Bertz CT molecular complexity index is 1110. The highest BCUT2D eigenvalue weighted by Gasteiger charge is 2.47. The lowest BCUT2D eigenvalue weighted by Crippen LogP contribution is -2.45. The van der Waals surface area contributed by atoms with Crippen LogP contribution in [0.5, 0.6) is 0 Å². The average Bonchev–Trinajstić information content (AvgIpc) is 3.39. The lowest BCUT2D eigenvalue weighted by Gasteiger charge is -2.26. The first-order chi connectivity index (χ1) is 14.5. The Morgan fingerprint density at radius 1 is 1.19 bits per heavy atom. The molecule has 0 aliphatic carbocycles. The third kappa shape index (κ3) is 3.66. The van der Waals surface area contributed by atoms with Crippen molar-refractivity contribution in [1.82, 2.24) is 14.0 Å². The van der Waals surface area contributed by atoms with Gasteiger partial charge in [0.2, 0.25) is 5.91 Å². The van der Waals surface area contributed by atoms with E-state index in [-0.39, 0.29) is 43.5 Å². The molecule has 2 atom stereocenters. The molecule has 31 heavy (non-hydrogen) atoms. The van der Waals surface area contributed by atoms with Crippen LogP contribution in [0.3, 0.4) is 0 Å². The van der Waals surface area contributed by atoms with Crippen molar-refractivity contribution in [2.45, 2.75) is 50.4 Å². The Morgan fingerprint density at radius 2 is 1.87 bits per heavy atom. The van der Waals surface area contributed by atoms with Gasteiger partial charge in [-0.05, 0) is 43.6 Å². The molecule has 2 aromatic rings. The molecular formula is C20H19F6N3OS. The van der Waals surface area contributed by atoms with Crippen molar-refractivity contribution in [1.29, 1.82) is 0 Å². The van der Waals surface area contributed by atoms with Crippen LogP contribution in [-0.2, 0) is 31.2 Å². The normalized spacial score (nSPS) is 21.1. The van der Waals surface area contributed by atoms with E-state index in [1.54, 1.807) is 11.6 Å². The smallest absolute Gasteiger partial charge is 0.330 e. The van der Waals surface area contributed by atoms with Gasteiger partial charge in [0.1, 0.15) is 11.9 Å². The molecule has 1 amide bonds. The van der Waals surface area contributed by atoms with E-state index in [0.717, 1.165) is 11.0 Å². The van der Waals surface area contributed by atoms with Crippen LogP contribution in [0.15, 0.2) is 12.1 Å². The van der Waals surface area contributed by atoms with Crippen LogP contribution < -0.4 is 0 Å². The van der Waals surface area contributed by atoms with Gasteiger partial charge >= 0.3 is 6.18 Å². The second-order valence-corrected chi connectivity index (χ2v) is 8.33. The van der Waals surface area contributed by atoms with Crippen molar-refractivity contribution in [3.63, 3.8) is 0 Å². The summed E-state index contributed by atoms with van der Waals surface area (Å²) in [6.45, 7) is 0.105. The number of benzene rings is 1. The van der Waals surface area contributed by atoms with Crippen LogP contribution in [0, 0.1) is 22.2 Å². The minimum atomic E-state index is -4.50. The molecule has 3 heterocycles. The molecule has 168 valence electrons. The van der Waals surface area contributed by atoms with Crippen LogP contribution in [0.1, 0.15) is 35.7 Å². The zero-order valence-electron chi connectivity index (χ0n) is 16.5. The summed E-state index contributed by atoms with van der Waals surface area (Å²) in [6, 6.07) is -0.253. The van der Waals surface area contributed by atoms with Gasteiger partial charge in [0.05, 0.1) is 6.42 Å². The highest BCUT2D eigenvalue weighted by Crippen LogP contribution is 2.37. The number of carbonyl (C=O) groups excluding carboxylic acids is 1. The number of amides is 1. The fraction of sp³-hybridized carbons (Fsp3) is 0.500. The van der Waals surface area contributed by atoms with Crippen LogP contribution in [0.25, 0.3) is 0 Å². The van der Waals surface area contributed by atoms with E-state index in [4.69, 9.17) is 12.2 Å². The number of rotatable bonds is 3. The maximum atomic E-state index is 14.3. The summed E-state index contributed by atoms with van der Waals surface area (Å²) in [5.74, 6) is -4.73. The molecule has 4 rings (SSSR count). The number of fused-ring (bicyclic) bond motifs is 1. The minimum Gasteiger partial charge on any atom is -0.330 e. The standard InChI is InChI=1S/C20H19F6N3OS/c1-27-13(8-16(30)28-6-2-3-15(28)20(24,25)26)14-7-10(9-29(14)19(27)31)17-11(21)4-5-12(22)18(17)23/h4-5,10,15H,2-3,6-9H2,1H3/t10-,15-/m0/s1. The molecule has 1 fully saturated rings. The molecule has 11 heteroatoms. The first-order valence-corrected chi connectivity index (χ1v) is 10.2. The van der Waals surface area contributed by atoms with Crippen LogP contribution in [0.4, 0.5) is 26.3 Å². The molecular weight excluding hydrogens is 444 g/mol. The number of halogens is 6. The van der Waals surface area contributed by atoms with Gasteiger partial charge in [0, 0.05) is 43.0 Å². The molecule has 4 nitrogen and oxygen atoms in total. The fourth-order valence-corrected chi connectivity index (χ4v) is 4.97. The number of hydrogen-bond donors (Lipinski definition) is 0. The van der Waals surface area contributed by atoms with Crippen molar-refractivity contribution in [2.75, 3.05) is 6.54 Å². The lowest BCUT2D eigenvalue weighted by atomic mass is 9.95. The van der Waals surface area contributed by atoms with Gasteiger partial charge in [-0.1, -0.05) is 0 Å². The van der Waals surface area contributed by atoms with Crippen molar-refractivity contribution < 1.29 is 31.1 Å². The SMILES string of the molecule is Cn1c(CC(=O)N2CCC[C@H]2C(F)(F)F)c2n(c1=S)C[C@@H](c1c(F)ccc(F)c1F)C2. The quantitative estimate of drug-likeness (QED) is 0.384. The highest BCUT2D eigenvalue weighted by molar-refractivity contribution is 7.71. The van der Waals surface area contributed by atoms with Gasteiger partial charge < -0.3 is 14.0 Å². The second kappa shape index (κ2) is 7.68. The van der Waals surface area contributed by atoms with E-state index < -0.39 is 47.1 Å². The van der Waals surface area contributed by atoms with Crippen molar-refractivity contribution >= 4 is 18.1 Å². The van der Waals surface area contributed by atoms with Gasteiger partial charge in [-0.25, -0.2) is 13.2 Å². The predicted octanol–water partition coefficient (Wildman–Crippen LogP) is 4.41. The number of imidazole rings is 1. The number of hydrogen-bond acceptors (Lipinski definition) is 2. The number of likely N-dealkylation sites (tertiary alicyclic amines) is 1. The Labute approximate surface area is 179 Å². The van der Waals surface area contributed by atoms with Crippen LogP contribution >= 0.6 is 12.2 Å². The van der Waals surface area contributed by atoms with Gasteiger partial charge in [0.15, 0.2) is 16.4 Å². The maximum Gasteiger partial charge on any atom is 0.408 e. The summed E-state index contributed by atoms with van der Waals surface area (Å²) in [4.78, 5) is 13.6. The molecule has 0 radical (unpaired) electrons. The summed E-state index contributed by atoms with van der Waals surface area (Å²) in [7, 11) is 1.60. The number of nitrogens with zero attached hydrogens (tertiary/aromatic N) is 3. The molecule has 2 aliphatic heterocycles. The van der Waals surface area contributed by atoms with E-state index >= 15 is 0 Å². The summed E-state index contributed by atoms with van der Waals surface area (Å²) in [5, 5.41) is 0. The lowest BCUT2D eigenvalue weighted by molar-refractivity contribution is -0.182. The first-order valence-electron chi connectivity index (χ1n) is 9.77. The molecule has 0 spiro atoms. The Balaban J connectivity index is 1.63. The summed E-state index contributed by atoms with van der Waals surface area (Å²) in [6.07, 6.45) is -4.59. The zero-order valence-corrected chi connectivity index (χ0v) is 17.3. The molecule has 2 aliphatic rings. The average molecular weight is 463 g/mol. The Hall–Kier alpha value is -2.30. The van der Waals surface area contributed by atoms with Crippen molar-refractivity contribution in [3.8, 4) is 0 Å². The molecule has 0 N–H and O–H groups in total. The maximum absolute atomic E-state index is 14.3. The van der Waals surface area contributed by atoms with E-state index in [0.29, 0.717) is 17.5 Å². The van der Waals surface area contributed by atoms with E-state index in [9.17, 15) is 31.1 Å². The number of alkyl halides is 3. The predicted molar refractivity (Wildman–Crippen MR) is 101 cm³/mol. The highest BCUT2D eigenvalue weighted by atomic mass is 32.1. The summed E-state index contributed by atoms with van der Waals surface area (Å²) < 4.78 is 85.3. The van der Waals surface area contributed by atoms with Gasteiger partial charge in [-0.3, -0.25) is 4.79 Å². The van der Waals surface area contributed by atoms with Gasteiger partial charge in [-0.15, -0.1) is 0 Å². The fourth-order valence-electron chi connectivity index (χ4n) is 4.68. The third-order valence-electron chi connectivity index (χ3n) is 6.18.